The molecule has 0 aliphatic rings. The Labute approximate surface area is 60.4 Å². The maximum absolute atomic E-state index is 10.2. The Morgan fingerprint density at radius 3 is 2.30 bits per heavy atom. The van der Waals surface area contributed by atoms with Gasteiger partial charge in [0, 0.05) is 11.8 Å². The fourth-order valence-corrected chi connectivity index (χ4v) is 0.364. The Morgan fingerprint density at radius 1 is 1.50 bits per heavy atom. The second-order valence-corrected chi connectivity index (χ2v) is 2.35. The predicted octanol–water partition coefficient (Wildman–Crippen LogP) is 0.704. The van der Waals surface area contributed by atoms with E-state index in [0.717, 1.165) is 0 Å². The summed E-state index contributed by atoms with van der Waals surface area (Å²) < 4.78 is 0. The first-order valence-corrected chi connectivity index (χ1v) is 3.10. The molecule has 3 nitrogen and oxygen atoms in total. The summed E-state index contributed by atoms with van der Waals surface area (Å²) >= 11 is 0. The number of carbonyl (C=O) groups excluding carboxylic acids is 1. The molecule has 0 spiro atoms. The van der Waals surface area contributed by atoms with E-state index in [1.165, 1.54) is 12.2 Å². The molecule has 0 aliphatic heterocycles. The first-order valence-electron chi connectivity index (χ1n) is 3.10. The third-order valence-corrected chi connectivity index (χ3v) is 1.05. The van der Waals surface area contributed by atoms with E-state index in [4.69, 9.17) is 11.1 Å². The minimum absolute atomic E-state index is 0.149. The third-order valence-electron chi connectivity index (χ3n) is 1.05. The highest BCUT2D eigenvalue weighted by molar-refractivity contribution is 5.99. The molecule has 0 aliphatic carbocycles. The third kappa shape index (κ3) is 3.83. The number of primary amides is 1. The van der Waals surface area contributed by atoms with Gasteiger partial charge in [-0.2, -0.15) is 0 Å². The molecule has 0 radical (unpaired) electrons. The molecular weight excluding hydrogens is 128 g/mol. The van der Waals surface area contributed by atoms with Gasteiger partial charge in [0.25, 0.3) is 0 Å². The quantitative estimate of drug-likeness (QED) is 0.440. The van der Waals surface area contributed by atoms with Gasteiger partial charge in [-0.25, -0.2) is 0 Å². The van der Waals surface area contributed by atoms with Crippen LogP contribution >= 0.6 is 0 Å². The van der Waals surface area contributed by atoms with Crippen molar-refractivity contribution in [2.45, 2.75) is 13.8 Å². The van der Waals surface area contributed by atoms with Crippen molar-refractivity contribution in [3.63, 3.8) is 0 Å². The van der Waals surface area contributed by atoms with E-state index >= 15 is 0 Å². The Bertz CT molecular complexity index is 170. The van der Waals surface area contributed by atoms with Crippen molar-refractivity contribution in [1.29, 1.82) is 5.41 Å². The second kappa shape index (κ2) is 3.82. The summed E-state index contributed by atoms with van der Waals surface area (Å²) in [5.74, 6) is -0.360. The van der Waals surface area contributed by atoms with Crippen molar-refractivity contribution in [1.82, 2.24) is 0 Å². The second-order valence-electron chi connectivity index (χ2n) is 2.35. The highest BCUT2D eigenvalue weighted by Gasteiger charge is 1.96. The normalized spacial score (nSPS) is 10.7. The Morgan fingerprint density at radius 2 is 2.00 bits per heavy atom. The zero-order chi connectivity index (χ0) is 8.15. The number of nitrogens with two attached hydrogens (primary N) is 1. The average molecular weight is 140 g/mol. The highest BCUT2D eigenvalue weighted by atomic mass is 16.1. The van der Waals surface area contributed by atoms with Crippen LogP contribution in [0.1, 0.15) is 13.8 Å². The summed E-state index contributed by atoms with van der Waals surface area (Å²) in [7, 11) is 0. The van der Waals surface area contributed by atoms with Crippen LogP contribution in [-0.4, -0.2) is 11.6 Å². The number of amides is 1. The van der Waals surface area contributed by atoms with Crippen LogP contribution in [-0.2, 0) is 4.79 Å². The molecule has 0 heterocycles. The predicted molar refractivity (Wildman–Crippen MR) is 40.9 cm³/mol. The number of rotatable bonds is 3. The lowest BCUT2D eigenvalue weighted by Crippen LogP contribution is -2.08. The lowest BCUT2D eigenvalue weighted by atomic mass is 10.1. The van der Waals surface area contributed by atoms with E-state index < -0.39 is 5.91 Å². The molecule has 1 amide bonds. The van der Waals surface area contributed by atoms with Crippen molar-refractivity contribution >= 4 is 11.6 Å². The first-order chi connectivity index (χ1) is 4.54. The smallest absolute Gasteiger partial charge is 0.241 e. The van der Waals surface area contributed by atoms with Gasteiger partial charge in [0.15, 0.2) is 0 Å². The van der Waals surface area contributed by atoms with Gasteiger partial charge in [-0.3, -0.25) is 4.79 Å². The van der Waals surface area contributed by atoms with Gasteiger partial charge in [-0.1, -0.05) is 13.8 Å². The summed E-state index contributed by atoms with van der Waals surface area (Å²) in [6, 6.07) is 0. The van der Waals surface area contributed by atoms with E-state index in [-0.39, 0.29) is 5.92 Å². The summed E-state index contributed by atoms with van der Waals surface area (Å²) in [5, 5.41) is 7.24. The molecule has 0 saturated carbocycles. The molecular formula is C7H12N2O. The summed E-state index contributed by atoms with van der Waals surface area (Å²) in [6.07, 6.45) is 2.62. The fourth-order valence-electron chi connectivity index (χ4n) is 0.364. The maximum atomic E-state index is 10.2. The molecule has 0 fully saturated rings. The maximum Gasteiger partial charge on any atom is 0.241 e. The SMILES string of the molecule is CC(C)C(=N)/C=C\C(N)=O. The number of hydrogen-bond acceptors (Lipinski definition) is 2. The van der Waals surface area contributed by atoms with Gasteiger partial charge in [-0.05, 0) is 12.0 Å². The molecule has 0 saturated heterocycles. The molecule has 56 valence electrons. The van der Waals surface area contributed by atoms with Crippen molar-refractivity contribution in [3.05, 3.63) is 12.2 Å². The molecule has 0 bridgehead atoms. The van der Waals surface area contributed by atoms with Crippen molar-refractivity contribution in [2.24, 2.45) is 11.7 Å². The summed E-state index contributed by atoms with van der Waals surface area (Å²) in [6.45, 7) is 3.77. The number of carbonyl (C=O) groups is 1. The summed E-state index contributed by atoms with van der Waals surface area (Å²) in [4.78, 5) is 10.2. The molecule has 3 heteroatoms. The minimum atomic E-state index is -0.509. The molecule has 0 aromatic heterocycles. The van der Waals surface area contributed by atoms with Crippen LogP contribution in [0.2, 0.25) is 0 Å². The topological polar surface area (TPSA) is 66.9 Å². The van der Waals surface area contributed by atoms with Gasteiger partial charge >= 0.3 is 0 Å². The van der Waals surface area contributed by atoms with Gasteiger partial charge in [0.2, 0.25) is 5.91 Å². The average Bonchev–Trinajstić information content (AvgIpc) is 1.82. The van der Waals surface area contributed by atoms with E-state index in [1.54, 1.807) is 0 Å². The van der Waals surface area contributed by atoms with E-state index in [1.807, 2.05) is 13.8 Å². The number of hydrogen-bond donors (Lipinski definition) is 2. The van der Waals surface area contributed by atoms with Crippen LogP contribution in [0.15, 0.2) is 12.2 Å². The van der Waals surface area contributed by atoms with Gasteiger partial charge in [0.05, 0.1) is 0 Å². The first kappa shape index (κ1) is 8.88. The molecule has 3 N–H and O–H groups in total. The van der Waals surface area contributed by atoms with Crippen molar-refractivity contribution in [2.75, 3.05) is 0 Å². The zero-order valence-electron chi connectivity index (χ0n) is 6.22. The van der Waals surface area contributed by atoms with Crippen LogP contribution < -0.4 is 5.73 Å². The molecule has 0 rings (SSSR count). The monoisotopic (exact) mass is 140 g/mol. The fraction of sp³-hybridized carbons (Fsp3) is 0.429. The molecule has 10 heavy (non-hydrogen) atoms. The van der Waals surface area contributed by atoms with Crippen LogP contribution in [0.25, 0.3) is 0 Å². The zero-order valence-corrected chi connectivity index (χ0v) is 6.22. The van der Waals surface area contributed by atoms with Crippen LogP contribution in [0, 0.1) is 11.3 Å². The largest absolute Gasteiger partial charge is 0.366 e. The van der Waals surface area contributed by atoms with Gasteiger partial charge in [-0.15, -0.1) is 0 Å². The lowest BCUT2D eigenvalue weighted by Gasteiger charge is -1.98. The standard InChI is InChI=1S/C7H12N2O/c1-5(2)6(8)3-4-7(9)10/h3-5,8H,1-2H3,(H2,9,10)/b4-3-,8-6?. The van der Waals surface area contributed by atoms with Gasteiger partial charge in [0.1, 0.15) is 0 Å². The molecule has 0 aromatic rings. The number of nitrogens with one attached hydrogen (secondary N) is 1. The van der Waals surface area contributed by atoms with E-state index in [9.17, 15) is 4.79 Å². The van der Waals surface area contributed by atoms with Crippen LogP contribution in [0.5, 0.6) is 0 Å². The van der Waals surface area contributed by atoms with E-state index in [2.05, 4.69) is 0 Å². The van der Waals surface area contributed by atoms with Gasteiger partial charge < -0.3 is 11.1 Å². The minimum Gasteiger partial charge on any atom is -0.366 e. The Balaban J connectivity index is 3.90. The molecule has 0 atom stereocenters. The van der Waals surface area contributed by atoms with Crippen molar-refractivity contribution < 1.29 is 4.79 Å². The number of allylic oxidation sites excluding steroid dienone is 1. The van der Waals surface area contributed by atoms with Crippen molar-refractivity contribution in [3.8, 4) is 0 Å². The van der Waals surface area contributed by atoms with E-state index in [0.29, 0.717) is 5.71 Å². The lowest BCUT2D eigenvalue weighted by molar-refractivity contribution is -0.113. The Hall–Kier alpha value is -1.12. The summed E-state index contributed by atoms with van der Waals surface area (Å²) in [5.41, 5.74) is 5.23. The van der Waals surface area contributed by atoms with Crippen LogP contribution in [0.3, 0.4) is 0 Å². The Kier molecular flexibility index (Phi) is 3.39. The molecule has 0 unspecified atom stereocenters. The van der Waals surface area contributed by atoms with Crippen LogP contribution in [0.4, 0.5) is 0 Å². The molecule has 0 aromatic carbocycles. The highest BCUT2D eigenvalue weighted by Crippen LogP contribution is 1.94.